The highest BCUT2D eigenvalue weighted by molar-refractivity contribution is 8.15. The molecule has 0 bridgehead atoms. The number of aliphatic carboxylic acids is 2. The number of rotatable bonds is 16. The SMILES string of the molecule is Cc1c(C(=O)C(N)=O)c2c(OCC(=O)O)cccc2n1CSCSCn1c(C)c(C(=O)C(N)=O)c2c(OCC(=O)O)cccc21. The Labute approximate surface area is 263 Å². The van der Waals surface area contributed by atoms with Crippen LogP contribution in [0.4, 0.5) is 0 Å². The molecule has 0 spiro atoms. The molecular weight excluding hydrogens is 628 g/mol. The van der Waals surface area contributed by atoms with Crippen molar-refractivity contribution in [3.63, 3.8) is 0 Å². The lowest BCUT2D eigenvalue weighted by atomic mass is 10.1. The van der Waals surface area contributed by atoms with E-state index >= 15 is 0 Å². The molecule has 2 amide bonds. The zero-order valence-electron chi connectivity index (χ0n) is 24.0. The molecule has 14 nitrogen and oxygen atoms in total. The van der Waals surface area contributed by atoms with Gasteiger partial charge in [0.2, 0.25) is 0 Å². The first-order valence-corrected chi connectivity index (χ1v) is 15.4. The predicted octanol–water partition coefficient (Wildman–Crippen LogP) is 2.51. The Morgan fingerprint density at radius 3 is 1.40 bits per heavy atom. The molecule has 2 heterocycles. The molecule has 16 heteroatoms. The number of hydrogen-bond donors (Lipinski definition) is 4. The van der Waals surface area contributed by atoms with Crippen LogP contribution in [0.2, 0.25) is 0 Å². The molecule has 0 aliphatic carbocycles. The molecule has 0 aliphatic heterocycles. The maximum atomic E-state index is 12.8. The number of benzene rings is 2. The maximum Gasteiger partial charge on any atom is 0.341 e. The number of carboxylic acids is 2. The Kier molecular flexibility index (Phi) is 10.1. The van der Waals surface area contributed by atoms with Crippen molar-refractivity contribution in [1.29, 1.82) is 0 Å². The van der Waals surface area contributed by atoms with Crippen LogP contribution in [0.25, 0.3) is 21.8 Å². The number of nitrogens with two attached hydrogens (primary N) is 2. The fraction of sp³-hybridized carbons (Fsp3) is 0.241. The average Bonchev–Trinajstić information content (AvgIpc) is 3.43. The number of ether oxygens (including phenoxy) is 2. The van der Waals surface area contributed by atoms with Crippen LogP contribution in [-0.4, -0.2) is 73.0 Å². The summed E-state index contributed by atoms with van der Waals surface area (Å²) in [4.78, 5) is 71.4. The van der Waals surface area contributed by atoms with Crippen molar-refractivity contribution in [3.05, 3.63) is 58.9 Å². The average molecular weight is 657 g/mol. The first kappa shape index (κ1) is 32.9. The molecule has 2 aromatic heterocycles. The predicted molar refractivity (Wildman–Crippen MR) is 167 cm³/mol. The first-order chi connectivity index (χ1) is 21.3. The van der Waals surface area contributed by atoms with Crippen molar-refractivity contribution in [2.45, 2.75) is 25.6 Å². The molecule has 45 heavy (non-hydrogen) atoms. The summed E-state index contributed by atoms with van der Waals surface area (Å²) in [5.41, 5.74) is 12.7. The minimum Gasteiger partial charge on any atom is -0.481 e. The van der Waals surface area contributed by atoms with Gasteiger partial charge in [0.1, 0.15) is 11.5 Å². The number of carboxylic acid groups (broad SMARTS) is 2. The van der Waals surface area contributed by atoms with Gasteiger partial charge in [0, 0.05) is 16.5 Å². The second-order valence-electron chi connectivity index (χ2n) is 9.61. The van der Waals surface area contributed by atoms with E-state index in [0.717, 1.165) is 0 Å². The lowest BCUT2D eigenvalue weighted by Gasteiger charge is -2.11. The van der Waals surface area contributed by atoms with Crippen LogP contribution in [0.3, 0.4) is 0 Å². The third kappa shape index (κ3) is 6.76. The van der Waals surface area contributed by atoms with Crippen LogP contribution in [0.1, 0.15) is 32.1 Å². The second kappa shape index (κ2) is 13.8. The normalized spacial score (nSPS) is 11.1. The van der Waals surface area contributed by atoms with Crippen LogP contribution in [0.15, 0.2) is 36.4 Å². The summed E-state index contributed by atoms with van der Waals surface area (Å²) in [6.07, 6.45) is 0. The zero-order valence-corrected chi connectivity index (χ0v) is 25.7. The molecule has 2 aromatic carbocycles. The number of amides is 2. The van der Waals surface area contributed by atoms with Crippen LogP contribution < -0.4 is 20.9 Å². The molecule has 0 saturated heterocycles. The van der Waals surface area contributed by atoms with Crippen molar-refractivity contribution in [3.8, 4) is 11.5 Å². The summed E-state index contributed by atoms with van der Waals surface area (Å²) >= 11 is 2.95. The number of Topliss-reactive ketones (excluding diaryl/α,β-unsaturated/α-hetero) is 2. The Hall–Kier alpha value is -4.96. The van der Waals surface area contributed by atoms with Crippen molar-refractivity contribution in [1.82, 2.24) is 9.13 Å². The minimum absolute atomic E-state index is 0.0359. The quantitative estimate of drug-likeness (QED) is 0.0591. The molecule has 236 valence electrons. The highest BCUT2D eigenvalue weighted by Gasteiger charge is 2.28. The van der Waals surface area contributed by atoms with Gasteiger partial charge in [-0.15, -0.1) is 23.5 Å². The molecule has 0 radical (unpaired) electrons. The van der Waals surface area contributed by atoms with Gasteiger partial charge in [-0.3, -0.25) is 19.2 Å². The third-order valence-electron chi connectivity index (χ3n) is 6.83. The Balaban J connectivity index is 1.59. The van der Waals surface area contributed by atoms with E-state index in [1.54, 1.807) is 47.2 Å². The van der Waals surface area contributed by atoms with Crippen molar-refractivity contribution in [2.24, 2.45) is 11.5 Å². The maximum absolute atomic E-state index is 12.8. The lowest BCUT2D eigenvalue weighted by Crippen LogP contribution is -2.24. The van der Waals surface area contributed by atoms with Gasteiger partial charge in [-0.25, -0.2) is 9.59 Å². The Morgan fingerprint density at radius 1 is 0.689 bits per heavy atom. The van der Waals surface area contributed by atoms with Crippen LogP contribution in [-0.2, 0) is 30.9 Å². The fourth-order valence-corrected chi connectivity index (χ4v) is 7.05. The van der Waals surface area contributed by atoms with E-state index in [2.05, 4.69) is 0 Å². The Bertz CT molecular complexity index is 1740. The van der Waals surface area contributed by atoms with Gasteiger partial charge < -0.3 is 40.3 Å². The number of aromatic nitrogens is 2. The van der Waals surface area contributed by atoms with E-state index in [-0.39, 0.29) is 33.4 Å². The summed E-state index contributed by atoms with van der Waals surface area (Å²) in [7, 11) is 0. The molecular formula is C29H28N4O10S2. The lowest BCUT2D eigenvalue weighted by molar-refractivity contribution is -0.140. The number of carbonyl (C=O) groups excluding carboxylic acids is 4. The summed E-state index contributed by atoms with van der Waals surface area (Å²) < 4.78 is 14.4. The summed E-state index contributed by atoms with van der Waals surface area (Å²) in [5.74, 6) is -5.65. The second-order valence-corrected chi connectivity index (χ2v) is 11.9. The molecule has 4 rings (SSSR count). The zero-order chi connectivity index (χ0) is 33.0. The fourth-order valence-electron chi connectivity index (χ4n) is 4.95. The van der Waals surface area contributed by atoms with E-state index in [0.29, 0.717) is 39.3 Å². The van der Waals surface area contributed by atoms with E-state index < -0.39 is 48.5 Å². The van der Waals surface area contributed by atoms with Gasteiger partial charge in [-0.2, -0.15) is 0 Å². The van der Waals surface area contributed by atoms with E-state index in [1.807, 2.05) is 0 Å². The third-order valence-corrected chi connectivity index (χ3v) is 9.05. The van der Waals surface area contributed by atoms with Gasteiger partial charge in [-0.05, 0) is 38.1 Å². The monoisotopic (exact) mass is 656 g/mol. The number of carbonyl (C=O) groups is 6. The summed E-state index contributed by atoms with van der Waals surface area (Å²) in [6, 6.07) is 9.75. The molecule has 4 aromatic rings. The smallest absolute Gasteiger partial charge is 0.341 e. The largest absolute Gasteiger partial charge is 0.481 e. The standard InChI is InChI=1S/C29H28N4O10S2/c1-14-22(26(38)28(30)40)24-16(5-3-7-18(24)42-9-20(34)35)32(14)11-44-13-45-12-33-15(2)23(27(39)29(31)41)25-17(33)6-4-8-19(25)43-10-21(36)37/h3-8H,9-13H2,1-2H3,(H2,30,40)(H2,31,41)(H,34,35)(H,36,37). The highest BCUT2D eigenvalue weighted by Crippen LogP contribution is 2.37. The van der Waals surface area contributed by atoms with Crippen LogP contribution >= 0.6 is 23.5 Å². The summed E-state index contributed by atoms with van der Waals surface area (Å²) in [6.45, 7) is 2.02. The first-order valence-electron chi connectivity index (χ1n) is 13.1. The van der Waals surface area contributed by atoms with E-state index in [1.165, 1.54) is 35.7 Å². The number of thioether (sulfide) groups is 2. The summed E-state index contributed by atoms with van der Waals surface area (Å²) in [5, 5.41) is 19.2. The van der Waals surface area contributed by atoms with Crippen molar-refractivity contribution >= 4 is 80.6 Å². The molecule has 6 N–H and O–H groups in total. The van der Waals surface area contributed by atoms with Crippen molar-refractivity contribution in [2.75, 3.05) is 18.3 Å². The van der Waals surface area contributed by atoms with Gasteiger partial charge >= 0.3 is 11.9 Å². The molecule has 0 atom stereocenters. The van der Waals surface area contributed by atoms with Gasteiger partial charge in [0.25, 0.3) is 23.4 Å². The topological polar surface area (TPSA) is 223 Å². The molecule has 0 unspecified atom stereocenters. The van der Waals surface area contributed by atoms with E-state index in [4.69, 9.17) is 31.2 Å². The number of fused-ring (bicyclic) bond motifs is 2. The molecule has 0 saturated carbocycles. The van der Waals surface area contributed by atoms with Crippen molar-refractivity contribution < 1.29 is 48.5 Å². The molecule has 0 fully saturated rings. The van der Waals surface area contributed by atoms with Gasteiger partial charge in [0.15, 0.2) is 13.2 Å². The van der Waals surface area contributed by atoms with Crippen LogP contribution in [0, 0.1) is 13.8 Å². The van der Waals surface area contributed by atoms with Gasteiger partial charge in [0.05, 0.1) is 44.7 Å². The highest BCUT2D eigenvalue weighted by atomic mass is 32.2. The van der Waals surface area contributed by atoms with Crippen LogP contribution in [0.5, 0.6) is 11.5 Å². The molecule has 0 aliphatic rings. The minimum atomic E-state index is -1.21. The van der Waals surface area contributed by atoms with Gasteiger partial charge in [-0.1, -0.05) is 12.1 Å². The van der Waals surface area contributed by atoms with E-state index in [9.17, 15) is 28.8 Å². The Morgan fingerprint density at radius 2 is 1.07 bits per heavy atom. The number of nitrogens with zero attached hydrogens (tertiary/aromatic N) is 2. The number of hydrogen-bond acceptors (Lipinski definition) is 10. The number of ketones is 2. The number of primary amides is 2.